The van der Waals surface area contributed by atoms with Crippen LogP contribution in [0.15, 0.2) is 28.9 Å². The minimum atomic E-state index is 0.480. The molecule has 23 heavy (non-hydrogen) atoms. The van der Waals surface area contributed by atoms with E-state index in [0.29, 0.717) is 11.8 Å². The number of aryl methyl sites for hydroxylation is 2. The number of anilines is 1. The molecule has 120 valence electrons. The molecule has 1 N–H and O–H groups in total. The summed E-state index contributed by atoms with van der Waals surface area (Å²) in [5.41, 5.74) is 3.25. The van der Waals surface area contributed by atoms with Crippen molar-refractivity contribution >= 4 is 16.7 Å². The van der Waals surface area contributed by atoms with E-state index >= 15 is 0 Å². The fourth-order valence-electron chi connectivity index (χ4n) is 2.68. The molecular formula is C18H22N4O. The number of nitrogens with zero attached hydrogens (tertiary/aromatic N) is 3. The zero-order valence-corrected chi connectivity index (χ0v) is 14.1. The maximum Gasteiger partial charge on any atom is 0.191 e. The fraction of sp³-hybridized carbons (Fsp3) is 0.389. The van der Waals surface area contributed by atoms with Gasteiger partial charge in [0.05, 0.1) is 11.2 Å². The molecule has 0 aliphatic rings. The van der Waals surface area contributed by atoms with Crippen molar-refractivity contribution in [3.63, 3.8) is 0 Å². The second-order valence-electron chi connectivity index (χ2n) is 6.07. The summed E-state index contributed by atoms with van der Waals surface area (Å²) in [5, 5.41) is 4.47. The molecule has 0 saturated heterocycles. The van der Waals surface area contributed by atoms with E-state index in [2.05, 4.69) is 52.3 Å². The van der Waals surface area contributed by atoms with Crippen LogP contribution < -0.4 is 5.32 Å². The van der Waals surface area contributed by atoms with Crippen LogP contribution in [-0.2, 0) is 6.42 Å². The third-order valence-corrected chi connectivity index (χ3v) is 3.98. The number of benzene rings is 1. The molecule has 3 aromatic rings. The van der Waals surface area contributed by atoms with Gasteiger partial charge >= 0.3 is 0 Å². The molecule has 2 aromatic heterocycles. The molecular weight excluding hydrogens is 288 g/mol. The lowest BCUT2D eigenvalue weighted by molar-refractivity contribution is 0.493. The summed E-state index contributed by atoms with van der Waals surface area (Å²) >= 11 is 0. The van der Waals surface area contributed by atoms with Gasteiger partial charge in [0, 0.05) is 25.3 Å². The average Bonchev–Trinajstić information content (AvgIpc) is 2.85. The molecule has 0 aliphatic heterocycles. The van der Waals surface area contributed by atoms with Crippen LogP contribution in [0, 0.1) is 13.8 Å². The number of aromatic nitrogens is 3. The standard InChI is InChI=1S/C18H22N4O/c1-11(2)14-5-6-17-15(9-14)18(21-10-20-17)19-8-7-16-12(3)23-13(4)22-16/h5-6,9-11H,7-8H2,1-4H3,(H,19,20,21). The van der Waals surface area contributed by atoms with Gasteiger partial charge in [-0.15, -0.1) is 0 Å². The van der Waals surface area contributed by atoms with Crippen molar-refractivity contribution in [3.8, 4) is 0 Å². The van der Waals surface area contributed by atoms with E-state index in [9.17, 15) is 0 Å². The van der Waals surface area contributed by atoms with Gasteiger partial charge in [0.15, 0.2) is 5.89 Å². The van der Waals surface area contributed by atoms with Crippen LogP contribution in [0.3, 0.4) is 0 Å². The van der Waals surface area contributed by atoms with Crippen LogP contribution in [0.25, 0.3) is 10.9 Å². The first kappa shape index (κ1) is 15.5. The van der Waals surface area contributed by atoms with Crippen molar-refractivity contribution in [2.45, 2.75) is 40.0 Å². The van der Waals surface area contributed by atoms with Gasteiger partial charge in [-0.3, -0.25) is 0 Å². The summed E-state index contributed by atoms with van der Waals surface area (Å²) in [6.07, 6.45) is 2.41. The highest BCUT2D eigenvalue weighted by Gasteiger charge is 2.09. The Labute approximate surface area is 136 Å². The monoisotopic (exact) mass is 310 g/mol. The molecule has 0 fully saturated rings. The minimum Gasteiger partial charge on any atom is -0.446 e. The first-order chi connectivity index (χ1) is 11.0. The topological polar surface area (TPSA) is 63.8 Å². The Morgan fingerprint density at radius 1 is 1.17 bits per heavy atom. The molecule has 0 atom stereocenters. The van der Waals surface area contributed by atoms with Crippen molar-refractivity contribution < 1.29 is 4.42 Å². The number of rotatable bonds is 5. The summed E-state index contributed by atoms with van der Waals surface area (Å²) in [6.45, 7) is 8.95. The Morgan fingerprint density at radius 2 is 2.00 bits per heavy atom. The second kappa shape index (κ2) is 6.36. The first-order valence-electron chi connectivity index (χ1n) is 7.96. The molecule has 1 aromatic carbocycles. The number of nitrogens with one attached hydrogen (secondary N) is 1. The Morgan fingerprint density at radius 3 is 2.70 bits per heavy atom. The molecule has 0 unspecified atom stereocenters. The summed E-state index contributed by atoms with van der Waals surface area (Å²) in [5.74, 6) is 2.95. The fourth-order valence-corrected chi connectivity index (χ4v) is 2.68. The highest BCUT2D eigenvalue weighted by molar-refractivity contribution is 5.89. The Balaban J connectivity index is 1.79. The predicted molar refractivity (Wildman–Crippen MR) is 91.8 cm³/mol. The molecule has 0 spiro atoms. The van der Waals surface area contributed by atoms with Gasteiger partial charge in [0.1, 0.15) is 17.9 Å². The molecule has 0 radical (unpaired) electrons. The molecule has 0 saturated carbocycles. The van der Waals surface area contributed by atoms with Crippen LogP contribution in [0.1, 0.15) is 42.7 Å². The van der Waals surface area contributed by atoms with Crippen LogP contribution in [0.2, 0.25) is 0 Å². The quantitative estimate of drug-likeness (QED) is 0.771. The van der Waals surface area contributed by atoms with Gasteiger partial charge in [-0.2, -0.15) is 0 Å². The van der Waals surface area contributed by atoms with Gasteiger partial charge in [0.2, 0.25) is 0 Å². The molecule has 2 heterocycles. The van der Waals surface area contributed by atoms with Gasteiger partial charge in [0.25, 0.3) is 0 Å². The Hall–Kier alpha value is -2.43. The van der Waals surface area contributed by atoms with Crippen molar-refractivity contribution in [2.24, 2.45) is 0 Å². The van der Waals surface area contributed by atoms with E-state index in [-0.39, 0.29) is 0 Å². The third kappa shape index (κ3) is 3.33. The highest BCUT2D eigenvalue weighted by atomic mass is 16.4. The molecule has 0 bridgehead atoms. The minimum absolute atomic E-state index is 0.480. The average molecular weight is 310 g/mol. The maximum absolute atomic E-state index is 5.47. The van der Waals surface area contributed by atoms with E-state index in [4.69, 9.17) is 4.42 Å². The van der Waals surface area contributed by atoms with Crippen molar-refractivity contribution in [3.05, 3.63) is 47.4 Å². The summed E-state index contributed by atoms with van der Waals surface area (Å²) < 4.78 is 5.47. The lowest BCUT2D eigenvalue weighted by Crippen LogP contribution is -2.08. The normalized spacial score (nSPS) is 11.3. The lowest BCUT2D eigenvalue weighted by atomic mass is 10.0. The van der Waals surface area contributed by atoms with Crippen LogP contribution in [-0.4, -0.2) is 21.5 Å². The van der Waals surface area contributed by atoms with E-state index < -0.39 is 0 Å². The smallest absolute Gasteiger partial charge is 0.191 e. The first-order valence-corrected chi connectivity index (χ1v) is 7.96. The van der Waals surface area contributed by atoms with Gasteiger partial charge < -0.3 is 9.73 Å². The number of oxazole rings is 1. The summed E-state index contributed by atoms with van der Waals surface area (Å²) in [4.78, 5) is 13.1. The lowest BCUT2D eigenvalue weighted by Gasteiger charge is -2.10. The largest absolute Gasteiger partial charge is 0.446 e. The highest BCUT2D eigenvalue weighted by Crippen LogP contribution is 2.24. The maximum atomic E-state index is 5.47. The van der Waals surface area contributed by atoms with Crippen LogP contribution in [0.4, 0.5) is 5.82 Å². The van der Waals surface area contributed by atoms with Crippen molar-refractivity contribution in [1.29, 1.82) is 0 Å². The van der Waals surface area contributed by atoms with Gasteiger partial charge in [-0.05, 0) is 30.5 Å². The molecule has 5 nitrogen and oxygen atoms in total. The van der Waals surface area contributed by atoms with Crippen molar-refractivity contribution in [2.75, 3.05) is 11.9 Å². The predicted octanol–water partition coefficient (Wildman–Crippen LogP) is 4.01. The Kier molecular flexibility index (Phi) is 4.28. The number of hydrogen-bond acceptors (Lipinski definition) is 5. The van der Waals surface area contributed by atoms with E-state index in [1.165, 1.54) is 5.56 Å². The van der Waals surface area contributed by atoms with Gasteiger partial charge in [-0.1, -0.05) is 19.9 Å². The number of hydrogen-bond donors (Lipinski definition) is 1. The van der Waals surface area contributed by atoms with E-state index in [0.717, 1.165) is 41.1 Å². The van der Waals surface area contributed by atoms with E-state index in [1.807, 2.05) is 13.8 Å². The molecule has 3 rings (SSSR count). The number of fused-ring (bicyclic) bond motifs is 1. The Bertz CT molecular complexity index is 823. The van der Waals surface area contributed by atoms with Crippen LogP contribution in [0.5, 0.6) is 0 Å². The molecule has 0 amide bonds. The summed E-state index contributed by atoms with van der Waals surface area (Å²) in [7, 11) is 0. The van der Waals surface area contributed by atoms with Crippen molar-refractivity contribution in [1.82, 2.24) is 15.0 Å². The SMILES string of the molecule is Cc1nc(CCNc2ncnc3ccc(C(C)C)cc23)c(C)o1. The zero-order chi connectivity index (χ0) is 16.4. The molecule has 5 heteroatoms. The zero-order valence-electron chi connectivity index (χ0n) is 14.1. The van der Waals surface area contributed by atoms with Gasteiger partial charge in [-0.25, -0.2) is 15.0 Å². The van der Waals surface area contributed by atoms with E-state index in [1.54, 1.807) is 6.33 Å². The summed E-state index contributed by atoms with van der Waals surface area (Å²) in [6, 6.07) is 6.36. The van der Waals surface area contributed by atoms with Crippen LogP contribution >= 0.6 is 0 Å². The third-order valence-electron chi connectivity index (χ3n) is 3.98. The molecule has 0 aliphatic carbocycles. The second-order valence-corrected chi connectivity index (χ2v) is 6.07.